The van der Waals surface area contributed by atoms with Crippen LogP contribution in [0.5, 0.6) is 0 Å². The van der Waals surface area contributed by atoms with Crippen LogP contribution in [0.1, 0.15) is 39.7 Å². The zero-order valence-electron chi connectivity index (χ0n) is 20.4. The molecule has 3 amide bonds. The van der Waals surface area contributed by atoms with Crippen molar-refractivity contribution >= 4 is 34.6 Å². The van der Waals surface area contributed by atoms with E-state index in [1.165, 1.54) is 13.8 Å². The van der Waals surface area contributed by atoms with Gasteiger partial charge in [0.2, 0.25) is 17.7 Å². The summed E-state index contributed by atoms with van der Waals surface area (Å²) in [5.41, 5.74) is 7.88. The summed E-state index contributed by atoms with van der Waals surface area (Å²) in [5, 5.41) is 27.2. The summed E-state index contributed by atoms with van der Waals surface area (Å²) in [7, 11) is 0. The van der Waals surface area contributed by atoms with E-state index in [-0.39, 0.29) is 12.3 Å². The normalized spacial score (nSPS) is 16.4. The lowest BCUT2D eigenvalue weighted by Gasteiger charge is -2.27. The van der Waals surface area contributed by atoms with Crippen LogP contribution in [0, 0.1) is 5.92 Å². The fourth-order valence-corrected chi connectivity index (χ4v) is 3.63. The minimum Gasteiger partial charge on any atom is -0.480 e. The number of carboxylic acids is 1. The highest BCUT2D eigenvalue weighted by atomic mass is 16.4. The molecular formula is C24H35N5O6. The molecule has 0 radical (unpaired) electrons. The van der Waals surface area contributed by atoms with E-state index < -0.39 is 54.0 Å². The van der Waals surface area contributed by atoms with Crippen LogP contribution in [0.15, 0.2) is 30.5 Å². The first-order valence-electron chi connectivity index (χ1n) is 11.6. The number of amides is 3. The van der Waals surface area contributed by atoms with Crippen molar-refractivity contribution in [3.8, 4) is 0 Å². The fourth-order valence-electron chi connectivity index (χ4n) is 3.63. The van der Waals surface area contributed by atoms with E-state index in [9.17, 15) is 29.4 Å². The quantitative estimate of drug-likeness (QED) is 0.219. The highest BCUT2D eigenvalue weighted by Crippen LogP contribution is 2.18. The number of benzene rings is 1. The molecule has 6 atom stereocenters. The Balaban J connectivity index is 2.01. The molecule has 6 unspecified atom stereocenters. The number of H-pyrrole nitrogens is 1. The second-order valence-corrected chi connectivity index (χ2v) is 8.84. The van der Waals surface area contributed by atoms with E-state index >= 15 is 0 Å². The summed E-state index contributed by atoms with van der Waals surface area (Å²) in [6.07, 6.45) is 1.24. The Bertz CT molecular complexity index is 1050. The van der Waals surface area contributed by atoms with Crippen molar-refractivity contribution in [2.45, 2.75) is 70.8 Å². The predicted octanol–water partition coefficient (Wildman–Crippen LogP) is 0.0235. The molecule has 35 heavy (non-hydrogen) atoms. The molecule has 0 aliphatic rings. The van der Waals surface area contributed by atoms with Gasteiger partial charge in [0, 0.05) is 17.1 Å². The van der Waals surface area contributed by atoms with Gasteiger partial charge in [0.25, 0.3) is 0 Å². The van der Waals surface area contributed by atoms with Crippen molar-refractivity contribution in [3.63, 3.8) is 0 Å². The first-order valence-corrected chi connectivity index (χ1v) is 11.6. The zero-order valence-corrected chi connectivity index (χ0v) is 20.4. The molecule has 0 aliphatic carbocycles. The molecule has 192 valence electrons. The van der Waals surface area contributed by atoms with E-state index in [1.54, 1.807) is 13.1 Å². The van der Waals surface area contributed by atoms with E-state index in [2.05, 4.69) is 20.9 Å². The number of fused-ring (bicyclic) bond motifs is 1. The Kier molecular flexibility index (Phi) is 9.78. The van der Waals surface area contributed by atoms with Crippen LogP contribution >= 0.6 is 0 Å². The highest BCUT2D eigenvalue weighted by molar-refractivity contribution is 5.94. The van der Waals surface area contributed by atoms with Crippen molar-refractivity contribution in [2.75, 3.05) is 0 Å². The van der Waals surface area contributed by atoms with E-state index in [0.29, 0.717) is 6.42 Å². The number of nitrogens with two attached hydrogens (primary N) is 1. The fraction of sp³-hybridized carbons (Fsp3) is 0.500. The SMILES string of the molecule is CCC(C)C(NC(=O)C(C)NC(=O)C(N)Cc1c[nH]c2ccccc12)C(=O)NC(C(=O)O)C(C)O. The third-order valence-corrected chi connectivity index (χ3v) is 6.04. The van der Waals surface area contributed by atoms with Crippen LogP contribution in [-0.4, -0.2) is 69.2 Å². The average molecular weight is 490 g/mol. The van der Waals surface area contributed by atoms with Gasteiger partial charge in [-0.15, -0.1) is 0 Å². The second kappa shape index (κ2) is 12.3. The van der Waals surface area contributed by atoms with E-state index in [1.807, 2.05) is 31.2 Å². The molecule has 2 rings (SSSR count). The van der Waals surface area contributed by atoms with Gasteiger partial charge in [-0.2, -0.15) is 0 Å². The summed E-state index contributed by atoms with van der Waals surface area (Å²) in [6.45, 7) is 6.25. The summed E-state index contributed by atoms with van der Waals surface area (Å²) in [4.78, 5) is 52.6. The number of nitrogens with one attached hydrogen (secondary N) is 4. The molecule has 0 fully saturated rings. The van der Waals surface area contributed by atoms with Crippen molar-refractivity contribution in [1.29, 1.82) is 0 Å². The van der Waals surface area contributed by atoms with Crippen LogP contribution < -0.4 is 21.7 Å². The van der Waals surface area contributed by atoms with Crippen LogP contribution in [0.3, 0.4) is 0 Å². The topological polar surface area (TPSA) is 187 Å². The van der Waals surface area contributed by atoms with E-state index in [0.717, 1.165) is 16.5 Å². The zero-order chi connectivity index (χ0) is 26.3. The molecule has 1 aromatic carbocycles. The number of aliphatic hydroxyl groups excluding tert-OH is 1. The molecule has 1 aromatic heterocycles. The molecule has 8 N–H and O–H groups in total. The number of carbonyl (C=O) groups is 4. The minimum absolute atomic E-state index is 0.262. The van der Waals surface area contributed by atoms with Gasteiger partial charge in [0.1, 0.15) is 12.1 Å². The number of hydrogen-bond donors (Lipinski definition) is 7. The number of hydrogen-bond acceptors (Lipinski definition) is 6. The molecule has 11 heteroatoms. The predicted molar refractivity (Wildman–Crippen MR) is 130 cm³/mol. The maximum absolute atomic E-state index is 12.8. The van der Waals surface area contributed by atoms with Gasteiger partial charge in [-0.05, 0) is 37.8 Å². The summed E-state index contributed by atoms with van der Waals surface area (Å²) in [5.74, 6) is -3.62. The number of aliphatic carboxylic acids is 1. The van der Waals surface area contributed by atoms with Crippen LogP contribution in [0.4, 0.5) is 0 Å². The molecule has 0 bridgehead atoms. The Morgan fingerprint density at radius 2 is 1.60 bits per heavy atom. The molecular weight excluding hydrogens is 454 g/mol. The summed E-state index contributed by atoms with van der Waals surface area (Å²) >= 11 is 0. The van der Waals surface area contributed by atoms with Crippen molar-refractivity contribution < 1.29 is 29.4 Å². The molecule has 1 heterocycles. The Morgan fingerprint density at radius 1 is 0.971 bits per heavy atom. The second-order valence-electron chi connectivity index (χ2n) is 8.84. The molecule has 0 saturated carbocycles. The lowest BCUT2D eigenvalue weighted by molar-refractivity contribution is -0.145. The average Bonchev–Trinajstić information content (AvgIpc) is 3.22. The maximum atomic E-state index is 12.8. The Labute approximate surface area is 203 Å². The smallest absolute Gasteiger partial charge is 0.328 e. The Morgan fingerprint density at radius 3 is 2.20 bits per heavy atom. The van der Waals surface area contributed by atoms with Crippen molar-refractivity contribution in [1.82, 2.24) is 20.9 Å². The van der Waals surface area contributed by atoms with Gasteiger partial charge < -0.3 is 36.9 Å². The Hall–Kier alpha value is -3.44. The lowest BCUT2D eigenvalue weighted by atomic mass is 9.97. The monoisotopic (exact) mass is 489 g/mol. The first kappa shape index (κ1) is 27.8. The van der Waals surface area contributed by atoms with E-state index in [4.69, 9.17) is 5.73 Å². The number of aromatic nitrogens is 1. The number of aliphatic hydroxyl groups is 1. The van der Waals surface area contributed by atoms with Crippen molar-refractivity contribution in [3.05, 3.63) is 36.0 Å². The third-order valence-electron chi connectivity index (χ3n) is 6.04. The lowest BCUT2D eigenvalue weighted by Crippen LogP contribution is -2.59. The molecule has 0 saturated heterocycles. The van der Waals surface area contributed by atoms with Gasteiger partial charge >= 0.3 is 5.97 Å². The van der Waals surface area contributed by atoms with Crippen molar-refractivity contribution in [2.24, 2.45) is 11.7 Å². The largest absolute Gasteiger partial charge is 0.480 e. The third kappa shape index (κ3) is 7.27. The number of carbonyl (C=O) groups excluding carboxylic acids is 3. The van der Waals surface area contributed by atoms with Gasteiger partial charge in [0.05, 0.1) is 12.1 Å². The van der Waals surface area contributed by atoms with Crippen LogP contribution in [0.2, 0.25) is 0 Å². The number of para-hydroxylation sites is 1. The molecule has 0 aliphatic heterocycles. The summed E-state index contributed by atoms with van der Waals surface area (Å²) in [6, 6.07) is 3.15. The minimum atomic E-state index is -1.52. The molecule has 11 nitrogen and oxygen atoms in total. The highest BCUT2D eigenvalue weighted by Gasteiger charge is 2.33. The van der Waals surface area contributed by atoms with Gasteiger partial charge in [-0.25, -0.2) is 4.79 Å². The number of rotatable bonds is 12. The summed E-state index contributed by atoms with van der Waals surface area (Å²) < 4.78 is 0. The van der Waals surface area contributed by atoms with Gasteiger partial charge in [-0.3, -0.25) is 14.4 Å². The van der Waals surface area contributed by atoms with Crippen LogP contribution in [-0.2, 0) is 25.6 Å². The molecule has 2 aromatic rings. The standard InChI is InChI=1S/C24H35N5O6/c1-5-12(2)19(23(33)29-20(14(4)30)24(34)35)28-21(31)13(3)27-22(32)17(25)10-15-11-26-18-9-7-6-8-16(15)18/h6-9,11-14,17,19-20,26,30H,5,10,25H2,1-4H3,(H,27,32)(H,28,31)(H,29,33)(H,34,35). The van der Waals surface area contributed by atoms with Crippen LogP contribution in [0.25, 0.3) is 10.9 Å². The number of carboxylic acid groups (broad SMARTS) is 1. The molecule has 0 spiro atoms. The van der Waals surface area contributed by atoms with Gasteiger partial charge in [-0.1, -0.05) is 38.5 Å². The maximum Gasteiger partial charge on any atom is 0.328 e. The first-order chi connectivity index (χ1) is 16.5. The number of aromatic amines is 1. The van der Waals surface area contributed by atoms with Gasteiger partial charge in [0.15, 0.2) is 6.04 Å².